The quantitative estimate of drug-likeness (QED) is 0.466. The molecule has 0 unspecified atom stereocenters. The topological polar surface area (TPSA) is 150 Å². The molecule has 0 fully saturated rings. The molecule has 3 aromatic rings. The molecule has 0 spiro atoms. The van der Waals surface area contributed by atoms with Gasteiger partial charge in [0, 0.05) is 11.1 Å². The van der Waals surface area contributed by atoms with E-state index < -0.39 is 34.9 Å². The summed E-state index contributed by atoms with van der Waals surface area (Å²) >= 11 is 0. The highest BCUT2D eigenvalue weighted by Gasteiger charge is 2.43. The molecule has 9 nitrogen and oxygen atoms in total. The van der Waals surface area contributed by atoms with Crippen molar-refractivity contribution in [2.24, 2.45) is 0 Å². The number of carbonyl (C=O) groups is 4. The van der Waals surface area contributed by atoms with Gasteiger partial charge in [-0.05, 0) is 30.3 Å². The maximum Gasteiger partial charge on any atom is 0.258 e. The molecule has 0 saturated heterocycles. The lowest BCUT2D eigenvalue weighted by molar-refractivity contribution is 0.0870. The Morgan fingerprint density at radius 2 is 1.48 bits per heavy atom. The predicted molar refractivity (Wildman–Crippen MR) is 96.7 cm³/mol. The lowest BCUT2D eigenvalue weighted by atomic mass is 10.0. The number of hydrogen-bond acceptors (Lipinski definition) is 7. The maximum atomic E-state index is 12.9. The van der Waals surface area contributed by atoms with Crippen LogP contribution in [-0.4, -0.2) is 33.3 Å². The predicted octanol–water partition coefficient (Wildman–Crippen LogP) is 0.841. The van der Waals surface area contributed by atoms with Gasteiger partial charge in [-0.25, -0.2) is 4.98 Å². The molecule has 2 amide bonds. The molecule has 0 atom stereocenters. The summed E-state index contributed by atoms with van der Waals surface area (Å²) in [6, 6.07) is 8.67. The summed E-state index contributed by atoms with van der Waals surface area (Å²) in [5, 5.41) is 11.2. The smallest absolute Gasteiger partial charge is 0.258 e. The van der Waals surface area contributed by atoms with Crippen molar-refractivity contribution in [3.05, 3.63) is 74.3 Å². The Bertz CT molecular complexity index is 1390. The minimum atomic E-state index is -1.38. The Kier molecular flexibility index (Phi) is 3.18. The molecular weight excluding hydrogens is 376 g/mol. The van der Waals surface area contributed by atoms with Gasteiger partial charge in [0.25, 0.3) is 17.4 Å². The summed E-state index contributed by atoms with van der Waals surface area (Å²) in [6.45, 7) is 0. The summed E-state index contributed by atoms with van der Waals surface area (Å²) in [5.74, 6) is -4.01. The molecule has 1 aliphatic heterocycles. The van der Waals surface area contributed by atoms with Crippen LogP contribution >= 0.6 is 0 Å². The zero-order valence-corrected chi connectivity index (χ0v) is 14.4. The zero-order chi connectivity index (χ0) is 20.4. The fourth-order valence-corrected chi connectivity index (χ4v) is 3.66. The summed E-state index contributed by atoms with van der Waals surface area (Å²) in [7, 11) is 0. The second-order valence-electron chi connectivity index (χ2n) is 6.68. The zero-order valence-electron chi connectivity index (χ0n) is 14.4. The van der Waals surface area contributed by atoms with Gasteiger partial charge in [0.2, 0.25) is 0 Å². The summed E-state index contributed by atoms with van der Waals surface area (Å²) in [4.78, 5) is 68.6. The number of fused-ring (bicyclic) bond motifs is 3. The van der Waals surface area contributed by atoms with Crippen molar-refractivity contribution in [2.75, 3.05) is 0 Å². The Labute approximate surface area is 161 Å². The second-order valence-corrected chi connectivity index (χ2v) is 6.68. The van der Waals surface area contributed by atoms with Crippen LogP contribution in [0.25, 0.3) is 10.9 Å². The highest BCUT2D eigenvalue weighted by molar-refractivity contribution is 6.32. The van der Waals surface area contributed by atoms with E-state index in [2.05, 4.69) is 15.3 Å². The average molecular weight is 384 g/mol. The molecule has 5 rings (SSSR count). The number of nitrogens with zero attached hydrogens (tertiary/aromatic N) is 2. The number of aromatic amines is 1. The third-order valence-electron chi connectivity index (χ3n) is 5.06. The minimum absolute atomic E-state index is 0.00572. The van der Waals surface area contributed by atoms with Crippen molar-refractivity contribution in [2.45, 2.75) is 5.92 Å². The van der Waals surface area contributed by atoms with Crippen molar-refractivity contribution in [1.29, 1.82) is 5.26 Å². The molecular formula is C20H8N4O5. The number of ketones is 2. The molecule has 29 heavy (non-hydrogen) atoms. The Balaban J connectivity index is 1.66. The first kappa shape index (κ1) is 16.7. The molecule has 2 heterocycles. The van der Waals surface area contributed by atoms with Crippen LogP contribution < -0.4 is 10.9 Å². The first-order chi connectivity index (χ1) is 13.9. The van der Waals surface area contributed by atoms with E-state index in [1.54, 1.807) is 0 Å². The van der Waals surface area contributed by atoms with Gasteiger partial charge in [-0.2, -0.15) is 5.26 Å². The number of H-pyrrole nitrogens is 1. The van der Waals surface area contributed by atoms with Gasteiger partial charge in [-0.1, -0.05) is 0 Å². The van der Waals surface area contributed by atoms with E-state index in [1.165, 1.54) is 30.3 Å². The van der Waals surface area contributed by atoms with Gasteiger partial charge in [0.15, 0.2) is 11.6 Å². The number of rotatable bonds is 1. The summed E-state index contributed by atoms with van der Waals surface area (Å²) < 4.78 is 0. The molecule has 138 valence electrons. The van der Waals surface area contributed by atoms with Gasteiger partial charge in [0.1, 0.15) is 11.7 Å². The number of carbonyl (C=O) groups excluding carboxylic acids is 4. The normalized spacial score (nSPS) is 15.4. The summed E-state index contributed by atoms with van der Waals surface area (Å²) in [5.41, 5.74) is -0.0149. The Morgan fingerprint density at radius 3 is 2.07 bits per heavy atom. The highest BCUT2D eigenvalue weighted by atomic mass is 16.2. The fourth-order valence-electron chi connectivity index (χ4n) is 3.66. The number of nitriles is 1. The second kappa shape index (κ2) is 5.53. The number of hydrogen-bond donors (Lipinski definition) is 2. The van der Waals surface area contributed by atoms with Crippen molar-refractivity contribution < 1.29 is 19.2 Å². The molecule has 2 aromatic carbocycles. The van der Waals surface area contributed by atoms with E-state index in [4.69, 9.17) is 5.26 Å². The standard InChI is InChI=1S/C20H8N4O5/c21-6-7-1-2-13-12(3-7)20(29)23-17(22-13)14-15(25)8-4-10-11(5-9(8)16(14)26)19(28)24-18(10)27/h1-5,14H,(H,22,23,29)(H,24,27,28). The van der Waals surface area contributed by atoms with Crippen LogP contribution in [0.2, 0.25) is 0 Å². The SMILES string of the molecule is N#Cc1ccc2nc(C3C(=O)c4cc5c(cc4C3=O)C(=O)NC5=O)[nH]c(=O)c2c1. The number of amides is 2. The van der Waals surface area contributed by atoms with E-state index in [9.17, 15) is 24.0 Å². The molecule has 0 radical (unpaired) electrons. The lowest BCUT2D eigenvalue weighted by Crippen LogP contribution is -2.22. The van der Waals surface area contributed by atoms with Crippen LogP contribution in [0.1, 0.15) is 58.7 Å². The first-order valence-electron chi connectivity index (χ1n) is 8.45. The van der Waals surface area contributed by atoms with Crippen molar-refractivity contribution in [1.82, 2.24) is 15.3 Å². The Hall–Kier alpha value is -4.45. The summed E-state index contributed by atoms with van der Waals surface area (Å²) in [6.07, 6.45) is 0. The van der Waals surface area contributed by atoms with E-state index in [1.807, 2.05) is 6.07 Å². The van der Waals surface area contributed by atoms with E-state index in [0.717, 1.165) is 0 Å². The number of aromatic nitrogens is 2. The molecule has 0 saturated carbocycles. The number of imide groups is 1. The third kappa shape index (κ3) is 2.20. The van der Waals surface area contributed by atoms with Gasteiger partial charge in [0.05, 0.1) is 33.7 Å². The van der Waals surface area contributed by atoms with Gasteiger partial charge >= 0.3 is 0 Å². The van der Waals surface area contributed by atoms with Crippen LogP contribution in [0.15, 0.2) is 35.1 Å². The Morgan fingerprint density at radius 1 is 0.862 bits per heavy atom. The van der Waals surface area contributed by atoms with Crippen LogP contribution in [-0.2, 0) is 0 Å². The van der Waals surface area contributed by atoms with E-state index in [0.29, 0.717) is 0 Å². The van der Waals surface area contributed by atoms with Gasteiger partial charge in [-0.3, -0.25) is 29.3 Å². The largest absolute Gasteiger partial charge is 0.309 e. The maximum absolute atomic E-state index is 12.9. The van der Waals surface area contributed by atoms with Gasteiger partial charge < -0.3 is 4.98 Å². The fraction of sp³-hybridized carbons (Fsp3) is 0.0500. The molecule has 1 aliphatic carbocycles. The van der Waals surface area contributed by atoms with Crippen molar-refractivity contribution in [3.63, 3.8) is 0 Å². The third-order valence-corrected chi connectivity index (χ3v) is 5.06. The van der Waals surface area contributed by atoms with Crippen LogP contribution in [0.4, 0.5) is 0 Å². The minimum Gasteiger partial charge on any atom is -0.309 e. The number of nitrogens with one attached hydrogen (secondary N) is 2. The van der Waals surface area contributed by atoms with Crippen LogP contribution in [0, 0.1) is 11.3 Å². The van der Waals surface area contributed by atoms with Crippen LogP contribution in [0.3, 0.4) is 0 Å². The molecule has 9 heteroatoms. The van der Waals surface area contributed by atoms with Crippen molar-refractivity contribution in [3.8, 4) is 6.07 Å². The van der Waals surface area contributed by atoms with Crippen molar-refractivity contribution >= 4 is 34.3 Å². The molecule has 2 N–H and O–H groups in total. The average Bonchev–Trinajstić information content (AvgIpc) is 3.13. The first-order valence-corrected chi connectivity index (χ1v) is 8.45. The van der Waals surface area contributed by atoms with E-state index >= 15 is 0 Å². The molecule has 2 aliphatic rings. The van der Waals surface area contributed by atoms with Crippen LogP contribution in [0.5, 0.6) is 0 Å². The molecule has 1 aromatic heterocycles. The highest BCUT2D eigenvalue weighted by Crippen LogP contribution is 2.35. The number of Topliss-reactive ketones (excluding diaryl/α,β-unsaturated/α-hetero) is 2. The lowest BCUT2D eigenvalue weighted by Gasteiger charge is -2.07. The molecule has 0 bridgehead atoms. The number of benzene rings is 2. The monoisotopic (exact) mass is 384 g/mol. The van der Waals surface area contributed by atoms with E-state index in [-0.39, 0.29) is 44.5 Å². The van der Waals surface area contributed by atoms with Gasteiger partial charge in [-0.15, -0.1) is 0 Å².